The third-order valence-electron chi connectivity index (χ3n) is 3.22. The molecule has 1 aromatic carbocycles. The molecule has 1 unspecified atom stereocenters. The van der Waals surface area contributed by atoms with Crippen molar-refractivity contribution in [1.82, 2.24) is 10.4 Å². The largest absolute Gasteiger partial charge is 0.494 e. The van der Waals surface area contributed by atoms with E-state index in [0.717, 1.165) is 28.1 Å². The van der Waals surface area contributed by atoms with E-state index in [1.165, 1.54) is 0 Å². The molecule has 3 N–H and O–H groups in total. The second kappa shape index (κ2) is 6.50. The van der Waals surface area contributed by atoms with Gasteiger partial charge in [0.15, 0.2) is 0 Å². The average molecular weight is 271 g/mol. The Hall–Kier alpha value is -1.91. The van der Waals surface area contributed by atoms with Gasteiger partial charge < -0.3 is 4.74 Å². The van der Waals surface area contributed by atoms with Crippen molar-refractivity contribution in [3.63, 3.8) is 0 Å². The summed E-state index contributed by atoms with van der Waals surface area (Å²) < 4.78 is 5.45. The van der Waals surface area contributed by atoms with Gasteiger partial charge in [0.2, 0.25) is 0 Å². The molecule has 1 atom stereocenters. The zero-order valence-electron chi connectivity index (χ0n) is 12.2. The maximum absolute atomic E-state index is 5.72. The number of nitrogens with two attached hydrogens (primary N) is 1. The Balaban J connectivity index is 2.31. The van der Waals surface area contributed by atoms with E-state index in [4.69, 9.17) is 10.6 Å². The van der Waals surface area contributed by atoms with Crippen LogP contribution in [0.3, 0.4) is 0 Å². The molecule has 0 saturated carbocycles. The van der Waals surface area contributed by atoms with E-state index < -0.39 is 0 Å². The van der Waals surface area contributed by atoms with Gasteiger partial charge in [-0.25, -0.2) is 5.43 Å². The molecule has 2 aromatic rings. The molecule has 0 spiro atoms. The zero-order chi connectivity index (χ0) is 14.5. The Morgan fingerprint density at radius 3 is 2.50 bits per heavy atom. The highest BCUT2D eigenvalue weighted by atomic mass is 16.5. The number of pyridine rings is 1. The van der Waals surface area contributed by atoms with E-state index in [1.807, 2.05) is 51.2 Å². The molecule has 4 nitrogen and oxygen atoms in total. The van der Waals surface area contributed by atoms with Gasteiger partial charge in [-0.2, -0.15) is 0 Å². The van der Waals surface area contributed by atoms with E-state index in [0.29, 0.717) is 6.61 Å². The summed E-state index contributed by atoms with van der Waals surface area (Å²) in [6.45, 7) is 6.72. The van der Waals surface area contributed by atoms with E-state index in [1.54, 1.807) is 0 Å². The molecule has 0 saturated heterocycles. The highest BCUT2D eigenvalue weighted by Crippen LogP contribution is 2.24. The lowest BCUT2D eigenvalue weighted by Gasteiger charge is -2.18. The van der Waals surface area contributed by atoms with Crippen molar-refractivity contribution >= 4 is 0 Å². The smallest absolute Gasteiger partial charge is 0.119 e. The molecular weight excluding hydrogens is 250 g/mol. The van der Waals surface area contributed by atoms with Gasteiger partial charge in [-0.05, 0) is 49.6 Å². The molecule has 0 aliphatic carbocycles. The second-order valence-electron chi connectivity index (χ2n) is 4.82. The third kappa shape index (κ3) is 3.15. The molecule has 0 aliphatic heterocycles. The number of aryl methyl sites for hydroxylation is 2. The zero-order valence-corrected chi connectivity index (χ0v) is 12.2. The first kappa shape index (κ1) is 14.5. The van der Waals surface area contributed by atoms with Gasteiger partial charge >= 0.3 is 0 Å². The lowest BCUT2D eigenvalue weighted by molar-refractivity contribution is 0.340. The van der Waals surface area contributed by atoms with E-state index in [9.17, 15) is 0 Å². The minimum atomic E-state index is -0.119. The molecule has 0 radical (unpaired) electrons. The molecule has 106 valence electrons. The summed E-state index contributed by atoms with van der Waals surface area (Å²) in [5, 5.41) is 0. The average Bonchev–Trinajstić information content (AvgIpc) is 2.44. The number of rotatable bonds is 5. The fourth-order valence-corrected chi connectivity index (χ4v) is 2.28. The number of hydrogen-bond acceptors (Lipinski definition) is 4. The maximum atomic E-state index is 5.72. The van der Waals surface area contributed by atoms with Crippen LogP contribution in [0.2, 0.25) is 0 Å². The van der Waals surface area contributed by atoms with Crippen LogP contribution < -0.4 is 16.0 Å². The SMILES string of the molecule is CCOc1ccc(C(NN)c2ncc(C)cc2C)cc1. The normalized spacial score (nSPS) is 12.2. The van der Waals surface area contributed by atoms with Gasteiger partial charge in [-0.3, -0.25) is 10.8 Å². The van der Waals surface area contributed by atoms with E-state index in [-0.39, 0.29) is 6.04 Å². The van der Waals surface area contributed by atoms with Gasteiger partial charge in [-0.15, -0.1) is 0 Å². The summed E-state index contributed by atoms with van der Waals surface area (Å²) in [5.41, 5.74) is 7.13. The van der Waals surface area contributed by atoms with Crippen molar-refractivity contribution in [2.45, 2.75) is 26.8 Å². The highest BCUT2D eigenvalue weighted by molar-refractivity contribution is 5.36. The molecule has 20 heavy (non-hydrogen) atoms. The van der Waals surface area contributed by atoms with Crippen LogP contribution in [0.1, 0.15) is 35.3 Å². The van der Waals surface area contributed by atoms with Gasteiger partial charge in [0.1, 0.15) is 5.75 Å². The quantitative estimate of drug-likeness (QED) is 0.648. The van der Waals surface area contributed by atoms with Gasteiger partial charge in [0.05, 0.1) is 18.3 Å². The molecular formula is C16H21N3O. The standard InChI is InChI=1S/C16H21N3O/c1-4-20-14-7-5-13(6-8-14)16(19-17)15-12(3)9-11(2)10-18-15/h5-10,16,19H,4,17H2,1-3H3. The molecule has 0 fully saturated rings. The van der Waals surface area contributed by atoms with Gasteiger partial charge in [0.25, 0.3) is 0 Å². The van der Waals surface area contributed by atoms with Gasteiger partial charge in [-0.1, -0.05) is 18.2 Å². The number of hydrazine groups is 1. The Morgan fingerprint density at radius 2 is 1.95 bits per heavy atom. The minimum absolute atomic E-state index is 0.119. The Bertz CT molecular complexity index is 566. The monoisotopic (exact) mass is 271 g/mol. The van der Waals surface area contributed by atoms with Crippen molar-refractivity contribution in [2.75, 3.05) is 6.61 Å². The molecule has 4 heteroatoms. The van der Waals surface area contributed by atoms with Crippen molar-refractivity contribution in [3.8, 4) is 5.75 Å². The van der Waals surface area contributed by atoms with E-state index >= 15 is 0 Å². The summed E-state index contributed by atoms with van der Waals surface area (Å²) in [5.74, 6) is 6.58. The predicted molar refractivity (Wildman–Crippen MR) is 80.5 cm³/mol. The topological polar surface area (TPSA) is 60.2 Å². The lowest BCUT2D eigenvalue weighted by Crippen LogP contribution is -2.30. The van der Waals surface area contributed by atoms with Crippen molar-refractivity contribution in [2.24, 2.45) is 5.84 Å². The van der Waals surface area contributed by atoms with Gasteiger partial charge in [0, 0.05) is 6.20 Å². The molecule has 0 amide bonds. The number of ether oxygens (including phenoxy) is 1. The molecule has 0 bridgehead atoms. The number of aromatic nitrogens is 1. The van der Waals surface area contributed by atoms with Crippen LogP contribution in [0.25, 0.3) is 0 Å². The number of nitrogens with zero attached hydrogens (tertiary/aromatic N) is 1. The van der Waals surface area contributed by atoms with E-state index in [2.05, 4.69) is 16.5 Å². The predicted octanol–water partition coefficient (Wildman–Crippen LogP) is 2.65. The first-order valence-electron chi connectivity index (χ1n) is 6.77. The Morgan fingerprint density at radius 1 is 1.25 bits per heavy atom. The van der Waals surface area contributed by atoms with Crippen molar-refractivity contribution in [1.29, 1.82) is 0 Å². The molecule has 1 aromatic heterocycles. The van der Waals surface area contributed by atoms with Crippen LogP contribution in [0.5, 0.6) is 5.75 Å². The summed E-state index contributed by atoms with van der Waals surface area (Å²) in [6.07, 6.45) is 1.86. The number of hydrogen-bond donors (Lipinski definition) is 2. The third-order valence-corrected chi connectivity index (χ3v) is 3.22. The van der Waals surface area contributed by atoms with Crippen LogP contribution in [0.15, 0.2) is 36.5 Å². The van der Waals surface area contributed by atoms with Crippen LogP contribution in [0.4, 0.5) is 0 Å². The summed E-state index contributed by atoms with van der Waals surface area (Å²) in [6, 6.07) is 9.92. The fourth-order valence-electron chi connectivity index (χ4n) is 2.28. The van der Waals surface area contributed by atoms with Crippen molar-refractivity contribution < 1.29 is 4.74 Å². The van der Waals surface area contributed by atoms with Crippen LogP contribution in [-0.2, 0) is 0 Å². The molecule has 0 aliphatic rings. The van der Waals surface area contributed by atoms with Crippen LogP contribution in [0, 0.1) is 13.8 Å². The number of nitrogens with one attached hydrogen (secondary N) is 1. The van der Waals surface area contributed by atoms with Crippen LogP contribution >= 0.6 is 0 Å². The molecule has 1 heterocycles. The highest BCUT2D eigenvalue weighted by Gasteiger charge is 2.16. The maximum Gasteiger partial charge on any atom is 0.119 e. The van der Waals surface area contributed by atoms with Crippen LogP contribution in [-0.4, -0.2) is 11.6 Å². The Labute approximate surface area is 120 Å². The van der Waals surface area contributed by atoms with Crippen molar-refractivity contribution in [3.05, 3.63) is 58.9 Å². The Kier molecular flexibility index (Phi) is 4.71. The summed E-state index contributed by atoms with van der Waals surface area (Å²) in [7, 11) is 0. The fraction of sp³-hybridized carbons (Fsp3) is 0.312. The second-order valence-corrected chi connectivity index (χ2v) is 4.82. The minimum Gasteiger partial charge on any atom is -0.494 e. The lowest BCUT2D eigenvalue weighted by atomic mass is 9.99. The first-order chi connectivity index (χ1) is 9.65. The summed E-state index contributed by atoms with van der Waals surface area (Å²) >= 11 is 0. The summed E-state index contributed by atoms with van der Waals surface area (Å²) in [4.78, 5) is 4.51. The first-order valence-corrected chi connectivity index (χ1v) is 6.77. The number of benzene rings is 1. The molecule has 2 rings (SSSR count).